The van der Waals surface area contributed by atoms with E-state index in [9.17, 15) is 0 Å². The Morgan fingerprint density at radius 3 is 1.54 bits per heavy atom. The van der Waals surface area contributed by atoms with E-state index in [4.69, 9.17) is 5.11 Å². The molecule has 0 saturated heterocycles. The fourth-order valence-corrected chi connectivity index (χ4v) is 3.06. The van der Waals surface area contributed by atoms with Gasteiger partial charge in [0, 0.05) is 13.2 Å². The van der Waals surface area contributed by atoms with Gasteiger partial charge in [-0.3, -0.25) is 0 Å². The smallest absolute Gasteiger partial charge is 0.0447 e. The summed E-state index contributed by atoms with van der Waals surface area (Å²) in [6.45, 7) is 3.45. The first-order valence-corrected chi connectivity index (χ1v) is 10.9. The lowest BCUT2D eigenvalue weighted by Gasteiger charge is -2.03. The van der Waals surface area contributed by atoms with Crippen LogP contribution < -0.4 is 5.32 Å². The average molecular weight is 340 g/mol. The van der Waals surface area contributed by atoms with Crippen molar-refractivity contribution in [2.24, 2.45) is 0 Å². The minimum absolute atomic E-state index is 0.278. The second-order valence-electron chi connectivity index (χ2n) is 7.17. The third-order valence-corrected chi connectivity index (χ3v) is 4.69. The highest BCUT2D eigenvalue weighted by molar-refractivity contribution is 4.78. The Morgan fingerprint density at radius 2 is 1.08 bits per heavy atom. The Hall–Kier alpha value is -0.500. The van der Waals surface area contributed by atoms with Gasteiger partial charge >= 0.3 is 0 Å². The van der Waals surface area contributed by atoms with E-state index in [0.29, 0.717) is 0 Å². The summed E-state index contributed by atoms with van der Waals surface area (Å²) < 4.78 is 0. The van der Waals surface area contributed by atoms with Gasteiger partial charge in [-0.1, -0.05) is 103 Å². The van der Waals surface area contributed by atoms with Crippen LogP contribution in [0.3, 0.4) is 0 Å². The van der Waals surface area contributed by atoms with E-state index < -0.39 is 0 Å². The van der Waals surface area contributed by atoms with Gasteiger partial charge in [-0.2, -0.15) is 0 Å². The fourth-order valence-electron chi connectivity index (χ4n) is 3.06. The van der Waals surface area contributed by atoms with Crippen LogP contribution in [0.4, 0.5) is 0 Å². The molecule has 0 atom stereocenters. The number of hydrogen-bond donors (Lipinski definition) is 2. The quantitative estimate of drug-likeness (QED) is 0.241. The van der Waals surface area contributed by atoms with E-state index in [1.165, 1.54) is 103 Å². The molecular weight excluding hydrogens is 294 g/mol. The van der Waals surface area contributed by atoms with Crippen molar-refractivity contribution < 1.29 is 5.11 Å². The van der Waals surface area contributed by atoms with Crippen LogP contribution in [-0.4, -0.2) is 18.3 Å². The zero-order valence-electron chi connectivity index (χ0n) is 16.5. The first-order valence-electron chi connectivity index (χ1n) is 10.9. The van der Waals surface area contributed by atoms with Gasteiger partial charge in [0.05, 0.1) is 0 Å². The van der Waals surface area contributed by atoms with E-state index in [1.54, 1.807) is 0 Å². The first kappa shape index (κ1) is 23.5. The molecule has 0 saturated carbocycles. The molecule has 0 aromatic heterocycles. The summed E-state index contributed by atoms with van der Waals surface area (Å²) in [7, 11) is 0. The molecule has 0 aliphatic heterocycles. The topological polar surface area (TPSA) is 32.3 Å². The molecule has 0 aromatic carbocycles. The molecule has 0 heterocycles. The van der Waals surface area contributed by atoms with Crippen molar-refractivity contribution in [2.75, 3.05) is 13.2 Å². The molecule has 0 aliphatic carbocycles. The molecule has 0 spiro atoms. The number of hydrogen-bond acceptors (Lipinski definition) is 2. The summed E-state index contributed by atoms with van der Waals surface area (Å²) in [5.41, 5.74) is 0. The van der Waals surface area contributed by atoms with Crippen LogP contribution in [0.2, 0.25) is 0 Å². The van der Waals surface area contributed by atoms with E-state index in [1.807, 2.05) is 6.20 Å². The molecular formula is C22H45NO. The maximum atomic E-state index is 8.65. The SMILES string of the molecule is CCCCCCCCCCCCCCCCCC=CNCCCO. The first-order chi connectivity index (χ1) is 11.9. The van der Waals surface area contributed by atoms with Crippen LogP contribution in [0.15, 0.2) is 12.3 Å². The van der Waals surface area contributed by atoms with Gasteiger partial charge in [0.25, 0.3) is 0 Å². The second-order valence-corrected chi connectivity index (χ2v) is 7.17. The largest absolute Gasteiger partial charge is 0.396 e. The molecule has 0 bridgehead atoms. The summed E-state index contributed by atoms with van der Waals surface area (Å²) in [6.07, 6.45) is 27.7. The van der Waals surface area contributed by atoms with Gasteiger partial charge in [0.1, 0.15) is 0 Å². The molecule has 0 unspecified atom stereocenters. The van der Waals surface area contributed by atoms with Gasteiger partial charge in [0.2, 0.25) is 0 Å². The number of aliphatic hydroxyl groups excluding tert-OH is 1. The minimum atomic E-state index is 0.278. The summed E-state index contributed by atoms with van der Waals surface area (Å²) in [6, 6.07) is 0. The Morgan fingerprint density at radius 1 is 0.625 bits per heavy atom. The van der Waals surface area contributed by atoms with Gasteiger partial charge in [0.15, 0.2) is 0 Å². The molecule has 0 aromatic rings. The second kappa shape index (κ2) is 22.5. The summed E-state index contributed by atoms with van der Waals surface area (Å²) in [5.74, 6) is 0. The summed E-state index contributed by atoms with van der Waals surface area (Å²) in [4.78, 5) is 0. The predicted molar refractivity (Wildman–Crippen MR) is 108 cm³/mol. The molecule has 0 amide bonds. The van der Waals surface area contributed by atoms with E-state index >= 15 is 0 Å². The molecule has 0 radical (unpaired) electrons. The summed E-state index contributed by atoms with van der Waals surface area (Å²) in [5, 5.41) is 11.9. The Labute approximate surface area is 152 Å². The predicted octanol–water partition coefficient (Wildman–Crippen LogP) is 6.73. The van der Waals surface area contributed by atoms with Crippen LogP contribution in [0.25, 0.3) is 0 Å². The van der Waals surface area contributed by atoms with Crippen LogP contribution in [0.1, 0.15) is 116 Å². The van der Waals surface area contributed by atoms with Gasteiger partial charge in [-0.25, -0.2) is 0 Å². The number of rotatable bonds is 20. The molecule has 0 rings (SSSR count). The molecule has 0 aliphatic rings. The fraction of sp³-hybridized carbons (Fsp3) is 0.909. The van der Waals surface area contributed by atoms with Crippen LogP contribution in [-0.2, 0) is 0 Å². The van der Waals surface area contributed by atoms with Crippen molar-refractivity contribution in [3.63, 3.8) is 0 Å². The zero-order chi connectivity index (χ0) is 17.6. The lowest BCUT2D eigenvalue weighted by Crippen LogP contribution is -2.07. The number of unbranched alkanes of at least 4 members (excludes halogenated alkanes) is 15. The third-order valence-electron chi connectivity index (χ3n) is 4.69. The van der Waals surface area contributed by atoms with Crippen LogP contribution >= 0.6 is 0 Å². The van der Waals surface area contributed by atoms with Crippen molar-refractivity contribution in [3.05, 3.63) is 12.3 Å². The Bertz CT molecular complexity index is 240. The molecule has 2 N–H and O–H groups in total. The van der Waals surface area contributed by atoms with Gasteiger partial charge < -0.3 is 10.4 Å². The lowest BCUT2D eigenvalue weighted by atomic mass is 10.0. The Kier molecular flexibility index (Phi) is 22.0. The van der Waals surface area contributed by atoms with E-state index in [0.717, 1.165) is 13.0 Å². The maximum Gasteiger partial charge on any atom is 0.0447 e. The van der Waals surface area contributed by atoms with E-state index in [2.05, 4.69) is 18.3 Å². The van der Waals surface area contributed by atoms with Crippen molar-refractivity contribution in [3.8, 4) is 0 Å². The average Bonchev–Trinajstić information content (AvgIpc) is 2.60. The highest BCUT2D eigenvalue weighted by atomic mass is 16.3. The summed E-state index contributed by atoms with van der Waals surface area (Å²) >= 11 is 0. The monoisotopic (exact) mass is 339 g/mol. The molecule has 0 fully saturated rings. The minimum Gasteiger partial charge on any atom is -0.396 e. The normalized spacial score (nSPS) is 11.4. The molecule has 144 valence electrons. The third kappa shape index (κ3) is 21.5. The van der Waals surface area contributed by atoms with Gasteiger partial charge in [-0.05, 0) is 25.5 Å². The van der Waals surface area contributed by atoms with Crippen LogP contribution in [0.5, 0.6) is 0 Å². The highest BCUT2D eigenvalue weighted by Gasteiger charge is 1.94. The molecule has 24 heavy (non-hydrogen) atoms. The van der Waals surface area contributed by atoms with Crippen LogP contribution in [0, 0.1) is 0 Å². The zero-order valence-corrected chi connectivity index (χ0v) is 16.5. The van der Waals surface area contributed by atoms with E-state index in [-0.39, 0.29) is 6.61 Å². The Balaban J connectivity index is 3.00. The van der Waals surface area contributed by atoms with Gasteiger partial charge in [-0.15, -0.1) is 0 Å². The lowest BCUT2D eigenvalue weighted by molar-refractivity contribution is 0.288. The molecule has 2 nitrogen and oxygen atoms in total. The van der Waals surface area contributed by atoms with Crippen molar-refractivity contribution >= 4 is 0 Å². The number of nitrogens with one attached hydrogen (secondary N) is 1. The maximum absolute atomic E-state index is 8.65. The number of allylic oxidation sites excluding steroid dienone is 1. The van der Waals surface area contributed by atoms with Crippen molar-refractivity contribution in [1.82, 2.24) is 5.32 Å². The van der Waals surface area contributed by atoms with Crippen molar-refractivity contribution in [2.45, 2.75) is 116 Å². The molecule has 2 heteroatoms. The van der Waals surface area contributed by atoms with Crippen molar-refractivity contribution in [1.29, 1.82) is 0 Å². The highest BCUT2D eigenvalue weighted by Crippen LogP contribution is 2.13. The standard InChI is InChI=1S/C22H45NO/c1-2-3-4-5-6-7-8-9-10-11-12-13-14-15-16-17-18-20-23-21-19-22-24/h18,20,23-24H,2-17,19,21-22H2,1H3. The number of aliphatic hydroxyl groups is 1.